The first-order valence-corrected chi connectivity index (χ1v) is 5.44. The molecule has 0 saturated carbocycles. The second-order valence-corrected chi connectivity index (χ2v) is 4.00. The minimum absolute atomic E-state index is 0.0965. The van der Waals surface area contributed by atoms with Crippen LogP contribution in [0.4, 0.5) is 10.1 Å². The van der Waals surface area contributed by atoms with Crippen LogP contribution in [-0.2, 0) is 0 Å². The van der Waals surface area contributed by atoms with E-state index in [-0.39, 0.29) is 11.6 Å². The van der Waals surface area contributed by atoms with Crippen LogP contribution in [0.15, 0.2) is 35.2 Å². The molecule has 0 saturated heterocycles. The lowest BCUT2D eigenvalue weighted by atomic mass is 10.3. The van der Waals surface area contributed by atoms with Crippen molar-refractivity contribution >= 4 is 21.6 Å². The number of benzene rings is 1. The fourth-order valence-electron chi connectivity index (χ4n) is 1.20. The average molecular weight is 314 g/mol. The van der Waals surface area contributed by atoms with Crippen LogP contribution in [0.3, 0.4) is 0 Å². The highest BCUT2D eigenvalue weighted by atomic mass is 79.9. The molecule has 1 aromatic heterocycles. The third kappa shape index (κ3) is 2.59. The molecule has 92 valence electrons. The van der Waals surface area contributed by atoms with Gasteiger partial charge in [-0.25, -0.2) is 14.4 Å². The van der Waals surface area contributed by atoms with Crippen LogP contribution in [0.25, 0.3) is 0 Å². The predicted molar refractivity (Wildman–Crippen MR) is 62.9 cm³/mol. The molecular formula is C10H5BrFN3O3. The molecule has 2 rings (SSSR count). The summed E-state index contributed by atoms with van der Waals surface area (Å²) in [5.74, 6) is -0.698. The Bertz CT molecular complexity index is 609. The number of hydrogen-bond acceptors (Lipinski definition) is 5. The van der Waals surface area contributed by atoms with Gasteiger partial charge < -0.3 is 4.74 Å². The summed E-state index contributed by atoms with van der Waals surface area (Å²) < 4.78 is 18.6. The molecule has 0 atom stereocenters. The Hall–Kier alpha value is -2.09. The van der Waals surface area contributed by atoms with Gasteiger partial charge in [0.25, 0.3) is 0 Å². The molecule has 18 heavy (non-hydrogen) atoms. The molecule has 1 aromatic carbocycles. The first kappa shape index (κ1) is 12.4. The molecule has 0 amide bonds. The SMILES string of the molecule is O=[N+]([O-])c1cc(F)ccc1Oc1ncncc1Br. The molecule has 0 aliphatic carbocycles. The molecule has 0 radical (unpaired) electrons. The van der Waals surface area contributed by atoms with E-state index in [0.717, 1.165) is 12.1 Å². The third-order valence-electron chi connectivity index (χ3n) is 1.96. The van der Waals surface area contributed by atoms with E-state index >= 15 is 0 Å². The van der Waals surface area contributed by atoms with Crippen LogP contribution in [0.5, 0.6) is 11.6 Å². The Morgan fingerprint density at radius 3 is 2.89 bits per heavy atom. The van der Waals surface area contributed by atoms with Crippen LogP contribution in [0.2, 0.25) is 0 Å². The van der Waals surface area contributed by atoms with Crippen molar-refractivity contribution in [3.05, 3.63) is 51.1 Å². The van der Waals surface area contributed by atoms with Gasteiger partial charge in [0.05, 0.1) is 15.5 Å². The highest BCUT2D eigenvalue weighted by Gasteiger charge is 2.18. The van der Waals surface area contributed by atoms with Gasteiger partial charge in [0.15, 0.2) is 0 Å². The fourth-order valence-corrected chi connectivity index (χ4v) is 1.50. The van der Waals surface area contributed by atoms with Gasteiger partial charge >= 0.3 is 5.69 Å². The third-order valence-corrected chi connectivity index (χ3v) is 2.50. The highest BCUT2D eigenvalue weighted by molar-refractivity contribution is 9.10. The van der Waals surface area contributed by atoms with Crippen molar-refractivity contribution in [2.45, 2.75) is 0 Å². The number of ether oxygens (including phenoxy) is 1. The van der Waals surface area contributed by atoms with Crippen LogP contribution in [0, 0.1) is 15.9 Å². The van der Waals surface area contributed by atoms with E-state index in [0.29, 0.717) is 4.47 Å². The first-order chi connectivity index (χ1) is 8.58. The largest absolute Gasteiger partial charge is 0.431 e. The summed E-state index contributed by atoms with van der Waals surface area (Å²) in [6.45, 7) is 0. The summed E-state index contributed by atoms with van der Waals surface area (Å²) in [5, 5.41) is 10.8. The predicted octanol–water partition coefficient (Wildman–Crippen LogP) is 3.08. The van der Waals surface area contributed by atoms with Crippen LogP contribution in [-0.4, -0.2) is 14.9 Å². The van der Waals surface area contributed by atoms with Gasteiger partial charge in [0.2, 0.25) is 11.6 Å². The molecule has 8 heteroatoms. The minimum Gasteiger partial charge on any atom is -0.431 e. The Morgan fingerprint density at radius 2 is 2.22 bits per heavy atom. The van der Waals surface area contributed by atoms with E-state index in [1.807, 2.05) is 0 Å². The molecule has 1 heterocycles. The van der Waals surface area contributed by atoms with Crippen molar-refractivity contribution in [1.29, 1.82) is 0 Å². The van der Waals surface area contributed by atoms with Crippen molar-refractivity contribution < 1.29 is 14.1 Å². The normalized spacial score (nSPS) is 10.1. The summed E-state index contributed by atoms with van der Waals surface area (Å²) in [5.41, 5.74) is -0.472. The number of nitrogens with zero attached hydrogens (tertiary/aromatic N) is 3. The summed E-state index contributed by atoms with van der Waals surface area (Å²) >= 11 is 3.14. The Kier molecular flexibility index (Phi) is 3.47. The summed E-state index contributed by atoms with van der Waals surface area (Å²) in [7, 11) is 0. The van der Waals surface area contributed by atoms with Crippen molar-refractivity contribution in [2.24, 2.45) is 0 Å². The number of halogens is 2. The Labute approximate surface area is 109 Å². The zero-order valence-corrected chi connectivity index (χ0v) is 10.3. The zero-order valence-electron chi connectivity index (χ0n) is 8.71. The monoisotopic (exact) mass is 313 g/mol. The number of aromatic nitrogens is 2. The standard InChI is InChI=1S/C10H5BrFN3O3/c11-7-4-13-5-14-10(7)18-9-2-1-6(12)3-8(9)15(16)17/h1-5H. The van der Waals surface area contributed by atoms with Crippen molar-refractivity contribution in [2.75, 3.05) is 0 Å². The summed E-state index contributed by atoms with van der Waals surface area (Å²) in [6, 6.07) is 3.02. The smallest absolute Gasteiger partial charge is 0.314 e. The van der Waals surface area contributed by atoms with E-state index in [1.54, 1.807) is 0 Å². The number of nitro benzene ring substituents is 1. The Morgan fingerprint density at radius 1 is 1.44 bits per heavy atom. The molecular weight excluding hydrogens is 309 g/mol. The zero-order chi connectivity index (χ0) is 13.1. The number of rotatable bonds is 3. The van der Waals surface area contributed by atoms with Crippen LogP contribution in [0.1, 0.15) is 0 Å². The Balaban J connectivity index is 2.41. The van der Waals surface area contributed by atoms with E-state index in [4.69, 9.17) is 4.74 Å². The van der Waals surface area contributed by atoms with E-state index in [9.17, 15) is 14.5 Å². The van der Waals surface area contributed by atoms with Gasteiger partial charge in [-0.05, 0) is 28.1 Å². The second kappa shape index (κ2) is 5.05. The maximum absolute atomic E-state index is 12.9. The van der Waals surface area contributed by atoms with Gasteiger partial charge in [-0.15, -0.1) is 0 Å². The summed E-state index contributed by atoms with van der Waals surface area (Å²) in [6.07, 6.45) is 2.66. The molecule has 2 aromatic rings. The first-order valence-electron chi connectivity index (χ1n) is 4.65. The van der Waals surface area contributed by atoms with Gasteiger partial charge in [0, 0.05) is 6.20 Å². The maximum Gasteiger partial charge on any atom is 0.314 e. The van der Waals surface area contributed by atoms with Gasteiger partial charge in [-0.2, -0.15) is 0 Å². The topological polar surface area (TPSA) is 78.2 Å². The molecule has 0 fully saturated rings. The molecule has 0 bridgehead atoms. The fraction of sp³-hybridized carbons (Fsp3) is 0. The van der Waals surface area contributed by atoms with Crippen LogP contribution >= 0.6 is 15.9 Å². The minimum atomic E-state index is -0.729. The van der Waals surface area contributed by atoms with Crippen LogP contribution < -0.4 is 4.74 Å². The lowest BCUT2D eigenvalue weighted by Crippen LogP contribution is -1.96. The summed E-state index contributed by atoms with van der Waals surface area (Å²) in [4.78, 5) is 17.6. The average Bonchev–Trinajstić information content (AvgIpc) is 2.34. The van der Waals surface area contributed by atoms with Gasteiger partial charge in [0.1, 0.15) is 12.1 Å². The van der Waals surface area contributed by atoms with E-state index in [1.165, 1.54) is 18.6 Å². The number of nitro groups is 1. The number of hydrogen-bond donors (Lipinski definition) is 0. The van der Waals surface area contributed by atoms with Gasteiger partial charge in [-0.1, -0.05) is 0 Å². The maximum atomic E-state index is 12.9. The van der Waals surface area contributed by atoms with Crippen molar-refractivity contribution in [1.82, 2.24) is 9.97 Å². The molecule has 0 N–H and O–H groups in total. The molecule has 0 unspecified atom stereocenters. The molecule has 0 spiro atoms. The molecule has 0 aliphatic rings. The lowest BCUT2D eigenvalue weighted by Gasteiger charge is -2.06. The molecule has 6 nitrogen and oxygen atoms in total. The van der Waals surface area contributed by atoms with E-state index < -0.39 is 16.4 Å². The van der Waals surface area contributed by atoms with Crippen molar-refractivity contribution in [3.63, 3.8) is 0 Å². The second-order valence-electron chi connectivity index (χ2n) is 3.15. The van der Waals surface area contributed by atoms with Gasteiger partial charge in [-0.3, -0.25) is 10.1 Å². The highest BCUT2D eigenvalue weighted by Crippen LogP contribution is 2.33. The van der Waals surface area contributed by atoms with E-state index in [2.05, 4.69) is 25.9 Å². The van der Waals surface area contributed by atoms with Crippen molar-refractivity contribution in [3.8, 4) is 11.6 Å². The molecule has 0 aliphatic heterocycles. The quantitative estimate of drug-likeness (QED) is 0.642. The lowest BCUT2D eigenvalue weighted by molar-refractivity contribution is -0.385.